The van der Waals surface area contributed by atoms with Crippen molar-refractivity contribution in [3.05, 3.63) is 12.2 Å². The van der Waals surface area contributed by atoms with E-state index in [1.54, 1.807) is 0 Å². The minimum absolute atomic E-state index is 0.0629. The molecular weight excluding hydrogens is 272 g/mol. The lowest BCUT2D eigenvalue weighted by Gasteiger charge is -2.61. The second kappa shape index (κ2) is 4.60. The standard InChI is InChI=1S/C20H32O2/c1-18-11-9-16-14(15(18)10-12-19(18,2)22)8-7-13-5-4-6-17(21)20(13,16)3/h4,6,13-17,21-22H,5,7-12H2,1-3H3. The van der Waals surface area contributed by atoms with Crippen LogP contribution >= 0.6 is 0 Å². The Labute approximate surface area is 135 Å². The molecule has 0 radical (unpaired) electrons. The van der Waals surface area contributed by atoms with Gasteiger partial charge in [-0.05, 0) is 81.0 Å². The fourth-order valence-electron chi connectivity index (χ4n) is 7.12. The lowest BCUT2D eigenvalue weighted by atomic mass is 9.44. The molecule has 0 heterocycles. The summed E-state index contributed by atoms with van der Waals surface area (Å²) in [6.45, 7) is 6.77. The van der Waals surface area contributed by atoms with Gasteiger partial charge in [-0.3, -0.25) is 0 Å². The molecule has 2 heteroatoms. The zero-order valence-electron chi connectivity index (χ0n) is 14.4. The zero-order chi connectivity index (χ0) is 15.8. The predicted molar refractivity (Wildman–Crippen MR) is 88.3 cm³/mol. The third-order valence-electron chi connectivity index (χ3n) is 8.90. The molecule has 124 valence electrons. The van der Waals surface area contributed by atoms with Crippen LogP contribution in [0.3, 0.4) is 0 Å². The molecule has 4 rings (SSSR count). The second-order valence-electron chi connectivity index (χ2n) is 9.39. The quantitative estimate of drug-likeness (QED) is 0.666. The molecule has 0 amide bonds. The highest BCUT2D eigenvalue weighted by Gasteiger charge is 2.63. The van der Waals surface area contributed by atoms with Crippen molar-refractivity contribution in [1.29, 1.82) is 0 Å². The van der Waals surface area contributed by atoms with Crippen molar-refractivity contribution in [2.24, 2.45) is 34.5 Å². The normalized spacial score (nSPS) is 60.5. The fraction of sp³-hybridized carbons (Fsp3) is 0.900. The first-order valence-corrected chi connectivity index (χ1v) is 9.38. The van der Waals surface area contributed by atoms with Crippen molar-refractivity contribution < 1.29 is 10.2 Å². The van der Waals surface area contributed by atoms with E-state index < -0.39 is 5.60 Å². The third-order valence-corrected chi connectivity index (χ3v) is 8.90. The van der Waals surface area contributed by atoms with Crippen LogP contribution in [0.2, 0.25) is 0 Å². The molecule has 2 N–H and O–H groups in total. The largest absolute Gasteiger partial charge is 0.390 e. The van der Waals surface area contributed by atoms with Gasteiger partial charge in [0, 0.05) is 5.41 Å². The molecule has 0 aromatic rings. The van der Waals surface area contributed by atoms with Crippen molar-refractivity contribution in [1.82, 2.24) is 0 Å². The van der Waals surface area contributed by atoms with Crippen LogP contribution in [-0.2, 0) is 0 Å². The van der Waals surface area contributed by atoms with E-state index in [1.165, 1.54) is 25.7 Å². The van der Waals surface area contributed by atoms with Crippen LogP contribution in [0, 0.1) is 34.5 Å². The van der Waals surface area contributed by atoms with E-state index in [4.69, 9.17) is 0 Å². The molecule has 8 atom stereocenters. The molecule has 0 aromatic carbocycles. The molecule has 4 aliphatic rings. The summed E-state index contributed by atoms with van der Waals surface area (Å²) in [5.74, 6) is 2.64. The molecule has 0 spiro atoms. The predicted octanol–water partition coefficient (Wildman–Crippen LogP) is 3.92. The summed E-state index contributed by atoms with van der Waals surface area (Å²) in [4.78, 5) is 0. The van der Waals surface area contributed by atoms with Gasteiger partial charge in [-0.25, -0.2) is 0 Å². The minimum atomic E-state index is -0.495. The Morgan fingerprint density at radius 3 is 2.45 bits per heavy atom. The Morgan fingerprint density at radius 2 is 1.68 bits per heavy atom. The summed E-state index contributed by atoms with van der Waals surface area (Å²) in [6, 6.07) is 0. The Balaban J connectivity index is 1.70. The van der Waals surface area contributed by atoms with E-state index in [1.807, 2.05) is 0 Å². The molecule has 0 aliphatic heterocycles. The summed E-state index contributed by atoms with van der Waals surface area (Å²) in [7, 11) is 0. The van der Waals surface area contributed by atoms with E-state index in [0.29, 0.717) is 23.7 Å². The van der Waals surface area contributed by atoms with E-state index in [-0.39, 0.29) is 16.9 Å². The average molecular weight is 304 g/mol. The number of aliphatic hydroxyl groups excluding tert-OH is 1. The first kappa shape index (κ1) is 15.2. The molecule has 0 aromatic heterocycles. The van der Waals surface area contributed by atoms with Crippen LogP contribution in [0.1, 0.15) is 65.7 Å². The van der Waals surface area contributed by atoms with Gasteiger partial charge in [-0.15, -0.1) is 0 Å². The smallest absolute Gasteiger partial charge is 0.0779 e. The molecule has 4 aliphatic carbocycles. The average Bonchev–Trinajstić information content (AvgIpc) is 2.71. The maximum atomic E-state index is 10.9. The van der Waals surface area contributed by atoms with Crippen molar-refractivity contribution in [2.75, 3.05) is 0 Å². The zero-order valence-corrected chi connectivity index (χ0v) is 14.4. The van der Waals surface area contributed by atoms with E-state index in [0.717, 1.165) is 19.3 Å². The SMILES string of the molecule is CC12C(O)C=CCC1CCC1C2CCC2(C)C1CCC2(C)O. The van der Waals surface area contributed by atoms with Crippen molar-refractivity contribution in [2.45, 2.75) is 77.4 Å². The first-order valence-electron chi connectivity index (χ1n) is 9.38. The first-order chi connectivity index (χ1) is 10.3. The van der Waals surface area contributed by atoms with Crippen LogP contribution in [0.5, 0.6) is 0 Å². The lowest BCUT2D eigenvalue weighted by molar-refractivity contribution is -0.160. The van der Waals surface area contributed by atoms with E-state index in [9.17, 15) is 10.2 Å². The highest BCUT2D eigenvalue weighted by atomic mass is 16.3. The molecule has 0 bridgehead atoms. The fourth-order valence-corrected chi connectivity index (χ4v) is 7.12. The van der Waals surface area contributed by atoms with Gasteiger partial charge in [0.05, 0.1) is 11.7 Å². The minimum Gasteiger partial charge on any atom is -0.390 e. The van der Waals surface area contributed by atoms with Gasteiger partial charge in [0.2, 0.25) is 0 Å². The van der Waals surface area contributed by atoms with Crippen LogP contribution < -0.4 is 0 Å². The number of hydrogen-bond acceptors (Lipinski definition) is 2. The Morgan fingerprint density at radius 1 is 0.955 bits per heavy atom. The maximum Gasteiger partial charge on any atom is 0.0779 e. The van der Waals surface area contributed by atoms with Gasteiger partial charge < -0.3 is 10.2 Å². The Hall–Kier alpha value is -0.340. The highest BCUT2D eigenvalue weighted by Crippen LogP contribution is 2.67. The molecule has 2 nitrogen and oxygen atoms in total. The topological polar surface area (TPSA) is 40.5 Å². The maximum absolute atomic E-state index is 10.9. The summed E-state index contributed by atoms with van der Waals surface area (Å²) in [6.07, 6.45) is 12.1. The molecule has 3 saturated carbocycles. The van der Waals surface area contributed by atoms with Crippen molar-refractivity contribution in [3.8, 4) is 0 Å². The number of rotatable bonds is 0. The number of fused-ring (bicyclic) bond motifs is 5. The second-order valence-corrected chi connectivity index (χ2v) is 9.39. The Kier molecular flexibility index (Phi) is 3.18. The highest BCUT2D eigenvalue weighted by molar-refractivity contribution is 5.17. The molecule has 3 fully saturated rings. The summed E-state index contributed by atoms with van der Waals surface area (Å²) >= 11 is 0. The monoisotopic (exact) mass is 304 g/mol. The van der Waals surface area contributed by atoms with Crippen LogP contribution in [0.4, 0.5) is 0 Å². The van der Waals surface area contributed by atoms with Crippen LogP contribution in [0.15, 0.2) is 12.2 Å². The van der Waals surface area contributed by atoms with Gasteiger partial charge in [0.1, 0.15) is 0 Å². The van der Waals surface area contributed by atoms with E-state index >= 15 is 0 Å². The van der Waals surface area contributed by atoms with Crippen molar-refractivity contribution in [3.63, 3.8) is 0 Å². The van der Waals surface area contributed by atoms with Crippen LogP contribution in [-0.4, -0.2) is 21.9 Å². The Bertz CT molecular complexity index is 496. The van der Waals surface area contributed by atoms with Gasteiger partial charge in [-0.2, -0.15) is 0 Å². The van der Waals surface area contributed by atoms with Crippen LogP contribution in [0.25, 0.3) is 0 Å². The number of hydrogen-bond donors (Lipinski definition) is 2. The van der Waals surface area contributed by atoms with E-state index in [2.05, 4.69) is 32.9 Å². The van der Waals surface area contributed by atoms with Gasteiger partial charge in [0.25, 0.3) is 0 Å². The molecule has 8 unspecified atom stereocenters. The lowest BCUT2D eigenvalue weighted by Crippen LogP contribution is -2.58. The molecule has 0 saturated heterocycles. The summed E-state index contributed by atoms with van der Waals surface area (Å²) in [5.41, 5.74) is -0.342. The summed E-state index contributed by atoms with van der Waals surface area (Å²) < 4.78 is 0. The molecular formula is C20H32O2. The summed E-state index contributed by atoms with van der Waals surface area (Å²) in [5, 5.41) is 21.7. The number of aliphatic hydroxyl groups is 2. The van der Waals surface area contributed by atoms with Gasteiger partial charge in [0.15, 0.2) is 0 Å². The third kappa shape index (κ3) is 1.69. The van der Waals surface area contributed by atoms with Gasteiger partial charge in [-0.1, -0.05) is 26.0 Å². The molecule has 22 heavy (non-hydrogen) atoms. The number of allylic oxidation sites excluding steroid dienone is 1. The van der Waals surface area contributed by atoms with Crippen molar-refractivity contribution >= 4 is 0 Å². The van der Waals surface area contributed by atoms with Gasteiger partial charge >= 0.3 is 0 Å².